The average molecular weight is 485 g/mol. The molecule has 2 heterocycles. The van der Waals surface area contributed by atoms with Crippen molar-refractivity contribution in [1.82, 2.24) is 9.55 Å². The zero-order valence-electron chi connectivity index (χ0n) is 20.7. The summed E-state index contributed by atoms with van der Waals surface area (Å²) in [5.41, 5.74) is 2.59. The summed E-state index contributed by atoms with van der Waals surface area (Å²) in [7, 11) is 4.36. The smallest absolute Gasteiger partial charge is 0.356 e. The van der Waals surface area contributed by atoms with Crippen molar-refractivity contribution in [1.29, 1.82) is 0 Å². The van der Waals surface area contributed by atoms with Gasteiger partial charge in [0.25, 0.3) is 0 Å². The van der Waals surface area contributed by atoms with E-state index in [1.807, 2.05) is 26.0 Å². The third kappa shape index (κ3) is 6.02. The first-order valence-corrected chi connectivity index (χ1v) is 11.3. The van der Waals surface area contributed by atoms with Crippen molar-refractivity contribution in [2.75, 3.05) is 38.6 Å². The minimum atomic E-state index is -0.581. The Morgan fingerprint density at radius 2 is 1.94 bits per heavy atom. The number of hydrogen-bond acceptors (Lipinski definition) is 8. The highest BCUT2D eigenvalue weighted by molar-refractivity contribution is 6.11. The van der Waals surface area contributed by atoms with Gasteiger partial charge in [0.15, 0.2) is 17.2 Å². The van der Waals surface area contributed by atoms with Crippen LogP contribution in [0, 0.1) is 5.92 Å². The Kier molecular flexibility index (Phi) is 8.53. The number of anilines is 2. The number of pyridine rings is 1. The predicted octanol–water partition coefficient (Wildman–Crippen LogP) is 3.78. The first kappa shape index (κ1) is 25.8. The Labute approximate surface area is 204 Å². The summed E-state index contributed by atoms with van der Waals surface area (Å²) in [4.78, 5) is 30.0. The summed E-state index contributed by atoms with van der Waals surface area (Å²) < 4.78 is 17.0. The molecule has 0 aliphatic rings. The lowest BCUT2D eigenvalue weighted by atomic mass is 10.1. The number of rotatable bonds is 11. The molecule has 0 unspecified atom stereocenters. The third-order valence-corrected chi connectivity index (χ3v) is 5.39. The fourth-order valence-corrected chi connectivity index (χ4v) is 3.77. The summed E-state index contributed by atoms with van der Waals surface area (Å²) in [6, 6.07) is 6.97. The number of carbonyl (C=O) groups is 2. The molecule has 1 aromatic carbocycles. The third-order valence-electron chi connectivity index (χ3n) is 5.39. The van der Waals surface area contributed by atoms with Crippen LogP contribution in [0.3, 0.4) is 0 Å². The van der Waals surface area contributed by atoms with Crippen LogP contribution < -0.4 is 15.4 Å². The molecule has 0 fully saturated rings. The molecule has 0 saturated carbocycles. The minimum Gasteiger partial charge on any atom is -0.504 e. The van der Waals surface area contributed by atoms with Crippen molar-refractivity contribution in [3.63, 3.8) is 0 Å². The maximum atomic E-state index is 12.8. The second-order valence-corrected chi connectivity index (χ2v) is 8.46. The van der Waals surface area contributed by atoms with Crippen LogP contribution in [0.5, 0.6) is 11.5 Å². The maximum absolute atomic E-state index is 12.8. The van der Waals surface area contributed by atoms with Crippen LogP contribution in [0.1, 0.15) is 36.3 Å². The number of aromatic nitrogens is 2. The van der Waals surface area contributed by atoms with Gasteiger partial charge in [-0.05, 0) is 29.7 Å². The molecule has 0 saturated heterocycles. The zero-order valence-corrected chi connectivity index (χ0v) is 20.7. The van der Waals surface area contributed by atoms with Gasteiger partial charge in [-0.2, -0.15) is 0 Å². The monoisotopic (exact) mass is 484 g/mol. The van der Waals surface area contributed by atoms with Gasteiger partial charge < -0.3 is 34.5 Å². The van der Waals surface area contributed by atoms with E-state index in [9.17, 15) is 14.7 Å². The van der Waals surface area contributed by atoms with E-state index in [0.29, 0.717) is 54.3 Å². The molecular formula is C25H32N4O6. The molecular weight excluding hydrogens is 452 g/mol. The first-order chi connectivity index (χ1) is 16.8. The lowest BCUT2D eigenvalue weighted by Crippen LogP contribution is -2.19. The molecule has 1 amide bonds. The molecule has 3 N–H and O–H groups in total. The first-order valence-electron chi connectivity index (χ1n) is 11.3. The van der Waals surface area contributed by atoms with Gasteiger partial charge in [-0.3, -0.25) is 4.79 Å². The summed E-state index contributed by atoms with van der Waals surface area (Å²) in [5, 5.41) is 16.8. The molecule has 0 spiro atoms. The van der Waals surface area contributed by atoms with Crippen molar-refractivity contribution < 1.29 is 28.9 Å². The number of benzene rings is 1. The Balaban J connectivity index is 2.02. The molecule has 3 aromatic rings. The Morgan fingerprint density at radius 1 is 1.17 bits per heavy atom. The molecule has 2 aromatic heterocycles. The van der Waals surface area contributed by atoms with Crippen LogP contribution in [-0.4, -0.2) is 54.5 Å². The number of phenolic OH excluding ortho intramolecular Hbond substituents is 1. The highest BCUT2D eigenvalue weighted by atomic mass is 16.5. The lowest BCUT2D eigenvalue weighted by Gasteiger charge is -2.11. The van der Waals surface area contributed by atoms with Gasteiger partial charge in [0.05, 0.1) is 38.4 Å². The van der Waals surface area contributed by atoms with E-state index in [0.717, 1.165) is 5.56 Å². The number of esters is 1. The molecule has 3 rings (SSSR count). The van der Waals surface area contributed by atoms with E-state index in [-0.39, 0.29) is 23.3 Å². The fraction of sp³-hybridized carbons (Fsp3) is 0.400. The summed E-state index contributed by atoms with van der Waals surface area (Å²) >= 11 is 0. The standard InChI is InChI=1S/C25H32N4O6/c1-15(2)10-21(31)28-22-18-12-17(26-13-16-6-7-20(34-4)19(30)11-16)14-27-24(18)29(8-9-33-3)23(22)25(32)35-5/h6-7,11-12,14-15,26,30H,8-10,13H2,1-5H3,(H,28,31). The molecule has 10 heteroatoms. The Morgan fingerprint density at radius 3 is 2.57 bits per heavy atom. The lowest BCUT2D eigenvalue weighted by molar-refractivity contribution is -0.116. The Hall–Kier alpha value is -3.79. The summed E-state index contributed by atoms with van der Waals surface area (Å²) in [6.07, 6.45) is 1.95. The molecule has 0 aliphatic heterocycles. The molecule has 0 bridgehead atoms. The SMILES string of the molecule is COCCn1c(C(=O)OC)c(NC(=O)CC(C)C)c2cc(NCc3ccc(OC)c(O)c3)cnc21. The van der Waals surface area contributed by atoms with E-state index < -0.39 is 5.97 Å². The number of amides is 1. The average Bonchev–Trinajstić information content (AvgIpc) is 3.12. The van der Waals surface area contributed by atoms with Gasteiger partial charge in [-0.1, -0.05) is 19.9 Å². The van der Waals surface area contributed by atoms with Crippen LogP contribution in [0.15, 0.2) is 30.5 Å². The Bertz CT molecular complexity index is 1200. The van der Waals surface area contributed by atoms with Crippen molar-refractivity contribution in [3.05, 3.63) is 41.7 Å². The van der Waals surface area contributed by atoms with Gasteiger partial charge in [0.2, 0.25) is 5.91 Å². The van der Waals surface area contributed by atoms with E-state index in [4.69, 9.17) is 14.2 Å². The van der Waals surface area contributed by atoms with Gasteiger partial charge in [0, 0.05) is 32.0 Å². The zero-order chi connectivity index (χ0) is 25.5. The highest BCUT2D eigenvalue weighted by Crippen LogP contribution is 2.33. The maximum Gasteiger partial charge on any atom is 0.356 e. The molecule has 0 atom stereocenters. The van der Waals surface area contributed by atoms with E-state index in [1.165, 1.54) is 14.2 Å². The second kappa shape index (κ2) is 11.6. The number of methoxy groups -OCH3 is 3. The van der Waals surface area contributed by atoms with Crippen molar-refractivity contribution in [3.8, 4) is 11.5 Å². The van der Waals surface area contributed by atoms with Gasteiger partial charge in [0.1, 0.15) is 5.65 Å². The second-order valence-electron chi connectivity index (χ2n) is 8.46. The largest absolute Gasteiger partial charge is 0.504 e. The van der Waals surface area contributed by atoms with E-state index >= 15 is 0 Å². The summed E-state index contributed by atoms with van der Waals surface area (Å²) in [5.74, 6) is -0.195. The number of hydrogen-bond donors (Lipinski definition) is 3. The van der Waals surface area contributed by atoms with Crippen LogP contribution >= 0.6 is 0 Å². The summed E-state index contributed by atoms with van der Waals surface area (Å²) in [6.45, 7) is 5.00. The van der Waals surface area contributed by atoms with E-state index in [2.05, 4.69) is 15.6 Å². The molecule has 0 radical (unpaired) electrons. The van der Waals surface area contributed by atoms with Crippen molar-refractivity contribution in [2.24, 2.45) is 5.92 Å². The minimum absolute atomic E-state index is 0.0495. The van der Waals surface area contributed by atoms with Crippen LogP contribution in [0.2, 0.25) is 0 Å². The predicted molar refractivity (Wildman–Crippen MR) is 133 cm³/mol. The topological polar surface area (TPSA) is 124 Å². The van der Waals surface area contributed by atoms with Gasteiger partial charge in [-0.25, -0.2) is 9.78 Å². The van der Waals surface area contributed by atoms with Crippen LogP contribution in [-0.2, 0) is 27.4 Å². The number of ether oxygens (including phenoxy) is 3. The van der Waals surface area contributed by atoms with Crippen molar-refractivity contribution >= 4 is 34.3 Å². The van der Waals surface area contributed by atoms with Crippen molar-refractivity contribution in [2.45, 2.75) is 33.4 Å². The number of phenols is 1. The van der Waals surface area contributed by atoms with Gasteiger partial charge in [-0.15, -0.1) is 0 Å². The number of nitrogens with one attached hydrogen (secondary N) is 2. The normalized spacial score (nSPS) is 11.0. The number of aromatic hydroxyl groups is 1. The molecule has 35 heavy (non-hydrogen) atoms. The van der Waals surface area contributed by atoms with Crippen LogP contribution in [0.25, 0.3) is 11.0 Å². The quantitative estimate of drug-likeness (QED) is 0.351. The van der Waals surface area contributed by atoms with Gasteiger partial charge >= 0.3 is 5.97 Å². The highest BCUT2D eigenvalue weighted by Gasteiger charge is 2.26. The molecule has 10 nitrogen and oxygen atoms in total. The molecule has 0 aliphatic carbocycles. The molecule has 188 valence electrons. The number of nitrogens with zero attached hydrogens (tertiary/aromatic N) is 2. The fourth-order valence-electron chi connectivity index (χ4n) is 3.77. The van der Waals surface area contributed by atoms with E-state index in [1.54, 1.807) is 30.0 Å². The number of fused-ring (bicyclic) bond motifs is 1. The van der Waals surface area contributed by atoms with Crippen LogP contribution in [0.4, 0.5) is 11.4 Å². The number of carbonyl (C=O) groups excluding carboxylic acids is 2.